The van der Waals surface area contributed by atoms with E-state index in [1.54, 1.807) is 21.1 Å². The van der Waals surface area contributed by atoms with Gasteiger partial charge in [-0.25, -0.2) is 0 Å². The maximum absolute atomic E-state index is 12.7. The van der Waals surface area contributed by atoms with Crippen molar-refractivity contribution in [2.45, 2.75) is 161 Å². The first kappa shape index (κ1) is 52.5. The van der Waals surface area contributed by atoms with E-state index in [4.69, 9.17) is 14.2 Å². The molecule has 318 valence electrons. The van der Waals surface area contributed by atoms with E-state index in [0.717, 1.165) is 70.6 Å². The van der Waals surface area contributed by atoms with Crippen molar-refractivity contribution in [2.24, 2.45) is 0 Å². The first-order valence-electron chi connectivity index (χ1n) is 21.7. The molecule has 8 heteroatoms. The third kappa shape index (κ3) is 36.2. The van der Waals surface area contributed by atoms with Gasteiger partial charge in [-0.2, -0.15) is 0 Å². The van der Waals surface area contributed by atoms with E-state index in [-0.39, 0.29) is 49.1 Å². The van der Waals surface area contributed by atoms with Crippen LogP contribution in [0.3, 0.4) is 0 Å². The summed E-state index contributed by atoms with van der Waals surface area (Å²) in [6.45, 7) is 4.41. The summed E-state index contributed by atoms with van der Waals surface area (Å²) in [5, 5.41) is 11.6. The Kier molecular flexibility index (Phi) is 36.0. The van der Waals surface area contributed by atoms with Crippen molar-refractivity contribution in [1.82, 2.24) is 0 Å². The van der Waals surface area contributed by atoms with Crippen LogP contribution >= 0.6 is 0 Å². The number of allylic oxidation sites excluding steroid dienone is 14. The second kappa shape index (κ2) is 38.4. The van der Waals surface area contributed by atoms with Gasteiger partial charge in [-0.3, -0.25) is 9.59 Å². The smallest absolute Gasteiger partial charge is 0.306 e. The molecule has 0 aromatic heterocycles. The number of carboxylic acids is 1. The first-order valence-corrected chi connectivity index (χ1v) is 21.7. The van der Waals surface area contributed by atoms with Crippen molar-refractivity contribution in [3.63, 3.8) is 0 Å². The molecule has 0 N–H and O–H groups in total. The number of nitrogens with zero attached hydrogens (tertiary/aromatic N) is 1. The fourth-order valence-electron chi connectivity index (χ4n) is 5.74. The fourth-order valence-corrected chi connectivity index (χ4v) is 5.74. The molecule has 8 nitrogen and oxygen atoms in total. The molecule has 0 radical (unpaired) electrons. The number of rotatable bonds is 37. The molecule has 0 amide bonds. The molecule has 0 fully saturated rings. The molecule has 0 aliphatic heterocycles. The van der Waals surface area contributed by atoms with Gasteiger partial charge in [-0.15, -0.1) is 0 Å². The average molecular weight is 782 g/mol. The van der Waals surface area contributed by atoms with Crippen LogP contribution in [0.5, 0.6) is 0 Å². The van der Waals surface area contributed by atoms with Crippen LogP contribution in [0.1, 0.15) is 149 Å². The van der Waals surface area contributed by atoms with Crippen molar-refractivity contribution in [1.29, 1.82) is 0 Å². The Morgan fingerprint density at radius 3 is 1.70 bits per heavy atom. The van der Waals surface area contributed by atoms with Gasteiger partial charge in [0.15, 0.2) is 6.10 Å². The Labute approximate surface area is 342 Å². The Morgan fingerprint density at radius 2 is 1.09 bits per heavy atom. The molecule has 56 heavy (non-hydrogen) atoms. The Bertz CT molecular complexity index is 1190. The lowest BCUT2D eigenvalue weighted by molar-refractivity contribution is -0.889. The molecule has 2 unspecified atom stereocenters. The number of aliphatic carboxylic acids is 1. The van der Waals surface area contributed by atoms with Crippen LogP contribution in [0.4, 0.5) is 0 Å². The van der Waals surface area contributed by atoms with Gasteiger partial charge >= 0.3 is 11.9 Å². The number of carbonyl (C=O) groups excluding carboxylic acids is 3. The Balaban J connectivity index is 4.51. The van der Waals surface area contributed by atoms with Crippen molar-refractivity contribution >= 4 is 17.9 Å². The quantitative estimate of drug-likeness (QED) is 0.0203. The zero-order valence-electron chi connectivity index (χ0n) is 36.0. The SMILES string of the molecule is CC/C=C/C=C/C=C/C=C/CCCCCCCC(=O)OCC(COCCC(C(=O)[O-])[N+](C)(C)C)OC(=O)CCC/C=C/C/C=C/C/C=C/CCCCCCCC. The minimum absolute atomic E-state index is 0.00758. The molecule has 0 aromatic rings. The lowest BCUT2D eigenvalue weighted by atomic mass is 10.1. The number of unbranched alkanes of at least 4 members (excludes halogenated alkanes) is 12. The molecule has 0 rings (SSSR count). The highest BCUT2D eigenvalue weighted by atomic mass is 16.6. The van der Waals surface area contributed by atoms with Crippen LogP contribution in [0.2, 0.25) is 0 Å². The highest BCUT2D eigenvalue weighted by molar-refractivity contribution is 5.70. The number of hydrogen-bond acceptors (Lipinski definition) is 7. The lowest BCUT2D eigenvalue weighted by Crippen LogP contribution is -2.55. The molecular weight excluding hydrogens is 703 g/mol. The summed E-state index contributed by atoms with van der Waals surface area (Å²) >= 11 is 0. The first-order chi connectivity index (χ1) is 27.1. The summed E-state index contributed by atoms with van der Waals surface area (Å²) in [5.41, 5.74) is 0. The zero-order chi connectivity index (χ0) is 41.4. The number of carbonyl (C=O) groups is 3. The van der Waals surface area contributed by atoms with Crippen molar-refractivity contribution in [3.05, 3.63) is 85.1 Å². The number of ether oxygens (including phenoxy) is 3. The minimum Gasteiger partial charge on any atom is -0.544 e. The van der Waals surface area contributed by atoms with Gasteiger partial charge in [0.1, 0.15) is 12.6 Å². The molecule has 2 atom stereocenters. The molecule has 0 bridgehead atoms. The molecule has 0 aliphatic carbocycles. The summed E-state index contributed by atoms with van der Waals surface area (Å²) in [4.78, 5) is 36.8. The van der Waals surface area contributed by atoms with E-state index in [9.17, 15) is 19.5 Å². The molecule has 0 aliphatic rings. The van der Waals surface area contributed by atoms with Crippen molar-refractivity contribution in [3.8, 4) is 0 Å². The highest BCUT2D eigenvalue weighted by Crippen LogP contribution is 2.12. The molecule has 0 saturated carbocycles. The molecule has 0 saturated heterocycles. The van der Waals surface area contributed by atoms with Crippen LogP contribution < -0.4 is 5.11 Å². The van der Waals surface area contributed by atoms with Crippen LogP contribution in [-0.2, 0) is 28.6 Å². The van der Waals surface area contributed by atoms with E-state index in [0.29, 0.717) is 12.8 Å². The highest BCUT2D eigenvalue weighted by Gasteiger charge is 2.25. The predicted octanol–water partition coefficient (Wildman–Crippen LogP) is 10.4. The summed E-state index contributed by atoms with van der Waals surface area (Å²) in [6, 6.07) is -0.742. The van der Waals surface area contributed by atoms with E-state index >= 15 is 0 Å². The average Bonchev–Trinajstić information content (AvgIpc) is 3.15. The van der Waals surface area contributed by atoms with Gasteiger partial charge in [0.2, 0.25) is 0 Å². The maximum atomic E-state index is 12.7. The van der Waals surface area contributed by atoms with Crippen LogP contribution in [0.25, 0.3) is 0 Å². The third-order valence-corrected chi connectivity index (χ3v) is 9.11. The molecule has 0 heterocycles. The fraction of sp³-hybridized carbons (Fsp3) is 0.646. The van der Waals surface area contributed by atoms with Gasteiger partial charge in [0, 0.05) is 19.3 Å². The normalized spacial score (nSPS) is 13.8. The predicted molar refractivity (Wildman–Crippen MR) is 231 cm³/mol. The topological polar surface area (TPSA) is 102 Å². The zero-order valence-corrected chi connectivity index (χ0v) is 36.0. The van der Waals surface area contributed by atoms with E-state index in [2.05, 4.69) is 68.5 Å². The minimum atomic E-state index is -1.14. The number of likely N-dealkylation sites (N-methyl/N-ethyl adjacent to an activating group) is 1. The standard InChI is InChI=1S/C48H79NO7/c1-6-8-10-12-14-16-18-20-22-23-25-27-29-31-33-35-37-39-47(51)56-44(42-54-41-40-45(48(52)53)49(3,4)5)43-55-46(50)38-36-34-32-30-28-26-24-21-19-17-15-13-11-9-7-2/h9,11,13,15,17,19-22,24-25,27,31,33,44-45H,6-8,10,12,14,16,18,23,26,28-30,32,34-43H2,1-5H3/b11-9+,15-13+,19-17+,22-20+,24-21+,27-25+,33-31+. The Hall–Kier alpha value is -3.49. The monoisotopic (exact) mass is 782 g/mol. The van der Waals surface area contributed by atoms with Gasteiger partial charge in [0.05, 0.1) is 40.3 Å². The van der Waals surface area contributed by atoms with E-state index in [1.807, 2.05) is 30.4 Å². The van der Waals surface area contributed by atoms with E-state index in [1.165, 1.54) is 38.5 Å². The second-order valence-electron chi connectivity index (χ2n) is 15.3. The number of esters is 2. The summed E-state index contributed by atoms with van der Waals surface area (Å²) in [5.74, 6) is -1.85. The van der Waals surface area contributed by atoms with Crippen LogP contribution in [0.15, 0.2) is 85.1 Å². The van der Waals surface area contributed by atoms with Gasteiger partial charge in [-0.05, 0) is 64.2 Å². The number of quaternary nitrogens is 1. The van der Waals surface area contributed by atoms with Crippen LogP contribution in [0, 0.1) is 0 Å². The van der Waals surface area contributed by atoms with Crippen LogP contribution in [-0.4, -0.2) is 75.5 Å². The summed E-state index contributed by atoms with van der Waals surface area (Å²) < 4.78 is 17.1. The summed E-state index contributed by atoms with van der Waals surface area (Å²) in [6.07, 6.45) is 49.0. The van der Waals surface area contributed by atoms with Gasteiger partial charge < -0.3 is 28.6 Å². The van der Waals surface area contributed by atoms with Crippen molar-refractivity contribution < 1.29 is 38.2 Å². The third-order valence-electron chi connectivity index (χ3n) is 9.11. The van der Waals surface area contributed by atoms with E-state index < -0.39 is 18.1 Å². The van der Waals surface area contributed by atoms with Gasteiger partial charge in [0.25, 0.3) is 0 Å². The largest absolute Gasteiger partial charge is 0.544 e. The maximum Gasteiger partial charge on any atom is 0.306 e. The van der Waals surface area contributed by atoms with Gasteiger partial charge in [-0.1, -0.05) is 150 Å². The Morgan fingerprint density at radius 1 is 0.571 bits per heavy atom. The molecule has 0 spiro atoms. The molecular formula is C48H79NO7. The lowest BCUT2D eigenvalue weighted by Gasteiger charge is -2.34. The molecule has 0 aromatic carbocycles. The number of hydrogen-bond donors (Lipinski definition) is 0. The van der Waals surface area contributed by atoms with Crippen molar-refractivity contribution in [2.75, 3.05) is 41.0 Å². The second-order valence-corrected chi connectivity index (χ2v) is 15.3. The number of carboxylic acid groups (broad SMARTS) is 1. The summed E-state index contributed by atoms with van der Waals surface area (Å²) in [7, 11) is 5.37.